The summed E-state index contributed by atoms with van der Waals surface area (Å²) in [4.78, 5) is 28.1. The number of nitrogens with one attached hydrogen (secondary N) is 2. The predicted molar refractivity (Wildman–Crippen MR) is 158 cm³/mol. The lowest BCUT2D eigenvalue weighted by atomic mass is 9.92. The Kier molecular flexibility index (Phi) is 8.63. The number of aromatic nitrogens is 2. The van der Waals surface area contributed by atoms with E-state index in [9.17, 15) is 9.59 Å². The van der Waals surface area contributed by atoms with Gasteiger partial charge in [-0.25, -0.2) is 9.48 Å². The lowest BCUT2D eigenvalue weighted by Crippen LogP contribution is -2.40. The molecule has 0 radical (unpaired) electrons. The van der Waals surface area contributed by atoms with Crippen LogP contribution in [-0.2, 0) is 16.8 Å². The highest BCUT2D eigenvalue weighted by atomic mass is 35.5. The third-order valence-corrected chi connectivity index (χ3v) is 6.84. The van der Waals surface area contributed by atoms with Crippen molar-refractivity contribution in [1.29, 1.82) is 0 Å². The van der Waals surface area contributed by atoms with Crippen molar-refractivity contribution in [3.8, 4) is 5.69 Å². The number of hydrogen-bond acceptors (Lipinski definition) is 3. The lowest BCUT2D eigenvalue weighted by Gasteiger charge is -2.23. The minimum absolute atomic E-state index is 0.206. The summed E-state index contributed by atoms with van der Waals surface area (Å²) in [6.45, 7) is 8.20. The Morgan fingerprint density at radius 3 is 2.33 bits per heavy atom. The monoisotopic (exact) mass is 563 g/mol. The molecule has 9 heteroatoms. The van der Waals surface area contributed by atoms with Gasteiger partial charge in [0.05, 0.1) is 27.1 Å². The fraction of sp³-hybridized carbons (Fsp3) is 0.233. The van der Waals surface area contributed by atoms with Crippen molar-refractivity contribution in [3.63, 3.8) is 0 Å². The van der Waals surface area contributed by atoms with Crippen LogP contribution in [0.1, 0.15) is 37.6 Å². The second-order valence-corrected chi connectivity index (χ2v) is 11.1. The molecule has 0 fully saturated rings. The van der Waals surface area contributed by atoms with Crippen LogP contribution in [0, 0.1) is 6.92 Å². The van der Waals surface area contributed by atoms with Crippen molar-refractivity contribution in [3.05, 3.63) is 106 Å². The van der Waals surface area contributed by atoms with E-state index in [2.05, 4.69) is 31.4 Å². The van der Waals surface area contributed by atoms with Gasteiger partial charge >= 0.3 is 6.03 Å². The molecule has 7 nitrogen and oxygen atoms in total. The molecule has 1 heterocycles. The molecule has 0 saturated carbocycles. The lowest BCUT2D eigenvalue weighted by molar-refractivity contribution is -0.116. The highest BCUT2D eigenvalue weighted by Gasteiger charge is 2.24. The Morgan fingerprint density at radius 1 is 0.923 bits per heavy atom. The molecule has 4 rings (SSSR count). The van der Waals surface area contributed by atoms with E-state index in [1.54, 1.807) is 22.9 Å². The van der Waals surface area contributed by atoms with Crippen LogP contribution in [0.2, 0.25) is 10.0 Å². The number of carbonyl (C=O) groups is 2. The van der Waals surface area contributed by atoms with Gasteiger partial charge in [-0.1, -0.05) is 92.5 Å². The van der Waals surface area contributed by atoms with E-state index in [1.807, 2.05) is 67.6 Å². The molecule has 3 amide bonds. The highest BCUT2D eigenvalue weighted by molar-refractivity contribution is 6.44. The normalized spacial score (nSPS) is 11.2. The fourth-order valence-electron chi connectivity index (χ4n) is 3.95. The minimum Gasteiger partial charge on any atom is -0.311 e. The molecule has 0 saturated heterocycles. The van der Waals surface area contributed by atoms with Gasteiger partial charge in [0.15, 0.2) is 0 Å². The minimum atomic E-state index is -0.485. The number of urea groups is 1. The standard InChI is InChI=1S/C30H31Cl2N5O2/c1-20-10-8-13-22(16-20)37-26(17-25(35-37)30(2,3)4)34-27(38)19-36(18-21-11-6-5-7-12-21)29(39)33-24-15-9-14-23(31)28(24)32/h5-17H,18-19H2,1-4H3,(H,33,39)(H,34,38). The molecule has 0 aliphatic heterocycles. The van der Waals surface area contributed by atoms with Crippen molar-refractivity contribution in [1.82, 2.24) is 14.7 Å². The molecular weight excluding hydrogens is 533 g/mol. The second-order valence-electron chi connectivity index (χ2n) is 10.3. The first-order valence-electron chi connectivity index (χ1n) is 12.5. The number of hydrogen-bond donors (Lipinski definition) is 2. The molecule has 202 valence electrons. The zero-order chi connectivity index (χ0) is 28.2. The van der Waals surface area contributed by atoms with Crippen LogP contribution in [-0.4, -0.2) is 33.2 Å². The van der Waals surface area contributed by atoms with E-state index >= 15 is 0 Å². The molecule has 0 aliphatic carbocycles. The first-order valence-corrected chi connectivity index (χ1v) is 13.3. The molecule has 0 aliphatic rings. The smallest absolute Gasteiger partial charge is 0.311 e. The van der Waals surface area contributed by atoms with Crippen LogP contribution in [0.3, 0.4) is 0 Å². The van der Waals surface area contributed by atoms with E-state index in [1.165, 1.54) is 4.90 Å². The molecule has 4 aromatic rings. The Morgan fingerprint density at radius 2 is 1.64 bits per heavy atom. The summed E-state index contributed by atoms with van der Waals surface area (Å²) in [5, 5.41) is 11.1. The highest BCUT2D eigenvalue weighted by Crippen LogP contribution is 2.30. The SMILES string of the molecule is Cc1cccc(-n2nc(C(C)(C)C)cc2NC(=O)CN(Cc2ccccc2)C(=O)Nc2cccc(Cl)c2Cl)c1. The third kappa shape index (κ3) is 7.19. The zero-order valence-electron chi connectivity index (χ0n) is 22.3. The zero-order valence-corrected chi connectivity index (χ0v) is 23.8. The molecule has 0 atom stereocenters. The van der Waals surface area contributed by atoms with Gasteiger partial charge in [0.1, 0.15) is 12.4 Å². The summed E-state index contributed by atoms with van der Waals surface area (Å²) in [6.07, 6.45) is 0. The van der Waals surface area contributed by atoms with Crippen molar-refractivity contribution in [2.24, 2.45) is 0 Å². The number of anilines is 2. The average molecular weight is 565 g/mol. The molecule has 0 spiro atoms. The Balaban J connectivity index is 1.60. The maximum Gasteiger partial charge on any atom is 0.322 e. The molecule has 0 unspecified atom stereocenters. The van der Waals surface area contributed by atoms with Gasteiger partial charge in [-0.2, -0.15) is 5.10 Å². The number of benzene rings is 3. The molecule has 1 aromatic heterocycles. The number of rotatable bonds is 7. The van der Waals surface area contributed by atoms with Crippen LogP contribution in [0.25, 0.3) is 5.69 Å². The van der Waals surface area contributed by atoms with Crippen molar-refractivity contribution >= 4 is 46.6 Å². The van der Waals surface area contributed by atoms with Crippen LogP contribution in [0.15, 0.2) is 78.9 Å². The Bertz CT molecular complexity index is 1480. The van der Waals surface area contributed by atoms with Crippen molar-refractivity contribution in [2.75, 3.05) is 17.2 Å². The second kappa shape index (κ2) is 11.9. The largest absolute Gasteiger partial charge is 0.322 e. The summed E-state index contributed by atoms with van der Waals surface area (Å²) >= 11 is 12.4. The number of carbonyl (C=O) groups excluding carboxylic acids is 2. The Labute approximate surface area is 238 Å². The van der Waals surface area contributed by atoms with Gasteiger partial charge in [-0.3, -0.25) is 4.79 Å². The van der Waals surface area contributed by atoms with Crippen LogP contribution in [0.4, 0.5) is 16.3 Å². The van der Waals surface area contributed by atoms with Crippen molar-refractivity contribution < 1.29 is 9.59 Å². The van der Waals surface area contributed by atoms with E-state index in [4.69, 9.17) is 28.3 Å². The summed E-state index contributed by atoms with van der Waals surface area (Å²) in [6, 6.07) is 23.7. The molecular formula is C30H31Cl2N5O2. The van der Waals surface area contributed by atoms with Crippen LogP contribution >= 0.6 is 23.2 Å². The van der Waals surface area contributed by atoms with Crippen LogP contribution in [0.5, 0.6) is 0 Å². The number of halogens is 2. The summed E-state index contributed by atoms with van der Waals surface area (Å²) < 4.78 is 1.72. The quantitative estimate of drug-likeness (QED) is 0.245. The van der Waals surface area contributed by atoms with E-state index < -0.39 is 6.03 Å². The maximum absolute atomic E-state index is 13.4. The first-order chi connectivity index (χ1) is 18.5. The Hall–Kier alpha value is -3.81. The summed E-state index contributed by atoms with van der Waals surface area (Å²) in [5.74, 6) is 0.154. The summed E-state index contributed by atoms with van der Waals surface area (Å²) in [7, 11) is 0. The number of amides is 3. The van der Waals surface area contributed by atoms with E-state index in [0.29, 0.717) is 16.5 Å². The molecule has 2 N–H and O–H groups in total. The molecule has 0 bridgehead atoms. The van der Waals surface area contributed by atoms with Gasteiger partial charge in [-0.15, -0.1) is 0 Å². The van der Waals surface area contributed by atoms with Gasteiger partial charge in [0, 0.05) is 18.0 Å². The first kappa shape index (κ1) is 28.2. The van der Waals surface area contributed by atoms with Crippen LogP contribution < -0.4 is 10.6 Å². The van der Waals surface area contributed by atoms with E-state index in [-0.39, 0.29) is 29.4 Å². The van der Waals surface area contributed by atoms with Gasteiger partial charge in [0.2, 0.25) is 5.91 Å². The topological polar surface area (TPSA) is 79.3 Å². The van der Waals surface area contributed by atoms with Gasteiger partial charge in [0.25, 0.3) is 0 Å². The molecule has 3 aromatic carbocycles. The fourth-order valence-corrected chi connectivity index (χ4v) is 4.29. The molecule has 39 heavy (non-hydrogen) atoms. The number of aryl methyl sites for hydroxylation is 1. The predicted octanol–water partition coefficient (Wildman–Crippen LogP) is 7.46. The van der Waals surface area contributed by atoms with E-state index in [0.717, 1.165) is 22.5 Å². The maximum atomic E-state index is 13.4. The van der Waals surface area contributed by atoms with Crippen molar-refractivity contribution in [2.45, 2.75) is 39.7 Å². The third-order valence-electron chi connectivity index (χ3n) is 6.02. The average Bonchev–Trinajstić information content (AvgIpc) is 3.31. The van der Waals surface area contributed by atoms with Gasteiger partial charge < -0.3 is 15.5 Å². The summed E-state index contributed by atoms with van der Waals surface area (Å²) in [5.41, 5.74) is 3.73. The number of nitrogens with zero attached hydrogens (tertiary/aromatic N) is 3. The van der Waals surface area contributed by atoms with Gasteiger partial charge in [-0.05, 0) is 42.3 Å².